The Kier molecular flexibility index (Phi) is 4.50. The predicted molar refractivity (Wildman–Crippen MR) is 79.0 cm³/mol. The Morgan fingerprint density at radius 2 is 2.14 bits per heavy atom. The first kappa shape index (κ1) is 14.7. The van der Waals surface area contributed by atoms with Crippen LogP contribution in [0.25, 0.3) is 11.3 Å². The molecule has 6 heteroatoms. The number of carbonyl (C=O) groups excluding carboxylic acids is 1. The monoisotopic (exact) mass is 302 g/mol. The summed E-state index contributed by atoms with van der Waals surface area (Å²) in [5.41, 5.74) is 1.74. The van der Waals surface area contributed by atoms with Crippen LogP contribution in [0.3, 0.4) is 0 Å². The van der Waals surface area contributed by atoms with Crippen LogP contribution in [0.1, 0.15) is 5.76 Å². The first-order valence-electron chi connectivity index (χ1n) is 7.19. The van der Waals surface area contributed by atoms with E-state index in [-0.39, 0.29) is 5.91 Å². The van der Waals surface area contributed by atoms with Crippen LogP contribution in [-0.2, 0) is 20.8 Å². The molecule has 1 aromatic carbocycles. The van der Waals surface area contributed by atoms with Crippen molar-refractivity contribution >= 4 is 5.91 Å². The second-order valence-corrected chi connectivity index (χ2v) is 5.17. The number of nitrogens with zero attached hydrogens (tertiary/aromatic N) is 2. The molecular formula is C16H18N2O4. The van der Waals surface area contributed by atoms with Crippen LogP contribution in [0, 0.1) is 0 Å². The molecule has 6 nitrogen and oxygen atoms in total. The van der Waals surface area contributed by atoms with Crippen molar-refractivity contribution in [3.05, 3.63) is 42.2 Å². The largest absolute Gasteiger partial charge is 0.376 e. The molecule has 3 rings (SSSR count). The minimum absolute atomic E-state index is 0.114. The minimum atomic E-state index is -0.532. The van der Waals surface area contributed by atoms with Crippen LogP contribution in [0.4, 0.5) is 0 Å². The molecule has 1 fully saturated rings. The van der Waals surface area contributed by atoms with Crippen LogP contribution < -0.4 is 0 Å². The van der Waals surface area contributed by atoms with E-state index in [1.807, 2.05) is 36.4 Å². The minimum Gasteiger partial charge on any atom is -0.376 e. The maximum atomic E-state index is 12.2. The summed E-state index contributed by atoms with van der Waals surface area (Å²) in [4.78, 5) is 13.8. The zero-order valence-electron chi connectivity index (χ0n) is 12.4. The predicted octanol–water partition coefficient (Wildman–Crippen LogP) is 1.72. The molecule has 1 aliphatic heterocycles. The van der Waals surface area contributed by atoms with Crippen LogP contribution in [0.2, 0.25) is 0 Å². The van der Waals surface area contributed by atoms with Crippen LogP contribution in [-0.4, -0.2) is 48.9 Å². The maximum Gasteiger partial charge on any atom is 0.254 e. The molecule has 1 saturated heterocycles. The van der Waals surface area contributed by atoms with Gasteiger partial charge in [0.1, 0.15) is 5.69 Å². The van der Waals surface area contributed by atoms with Gasteiger partial charge < -0.3 is 18.9 Å². The number of carbonyl (C=O) groups is 1. The molecule has 2 heterocycles. The highest BCUT2D eigenvalue weighted by atomic mass is 16.6. The van der Waals surface area contributed by atoms with Gasteiger partial charge in [-0.25, -0.2) is 0 Å². The molecule has 0 bridgehead atoms. The van der Waals surface area contributed by atoms with Crippen LogP contribution in [0.5, 0.6) is 0 Å². The number of amides is 1. The van der Waals surface area contributed by atoms with E-state index in [0.717, 1.165) is 11.3 Å². The number of likely N-dealkylation sites (N-methyl/N-ethyl adjacent to an activating group) is 1. The summed E-state index contributed by atoms with van der Waals surface area (Å²) in [5, 5.41) is 4.04. The average molecular weight is 302 g/mol. The molecule has 1 amide bonds. The van der Waals surface area contributed by atoms with Gasteiger partial charge in [0.2, 0.25) is 0 Å². The van der Waals surface area contributed by atoms with Crippen molar-refractivity contribution in [3.63, 3.8) is 0 Å². The van der Waals surface area contributed by atoms with Crippen LogP contribution >= 0.6 is 0 Å². The fourth-order valence-electron chi connectivity index (χ4n) is 2.32. The molecular weight excluding hydrogens is 284 g/mol. The lowest BCUT2D eigenvalue weighted by molar-refractivity contribution is -0.157. The smallest absolute Gasteiger partial charge is 0.254 e. The molecule has 116 valence electrons. The molecule has 0 spiro atoms. The first-order valence-corrected chi connectivity index (χ1v) is 7.19. The summed E-state index contributed by atoms with van der Waals surface area (Å²) in [6.45, 7) is 1.63. The van der Waals surface area contributed by atoms with E-state index in [0.29, 0.717) is 32.1 Å². The highest BCUT2D eigenvalue weighted by Gasteiger charge is 2.26. The number of aromatic nitrogens is 1. The second kappa shape index (κ2) is 6.72. The highest BCUT2D eigenvalue weighted by Crippen LogP contribution is 2.19. The van der Waals surface area contributed by atoms with Crippen molar-refractivity contribution in [1.29, 1.82) is 0 Å². The molecule has 0 N–H and O–H groups in total. The first-order chi connectivity index (χ1) is 10.7. The summed E-state index contributed by atoms with van der Waals surface area (Å²) in [6, 6.07) is 11.6. The lowest BCUT2D eigenvalue weighted by Gasteiger charge is -2.26. The molecule has 2 aromatic rings. The van der Waals surface area contributed by atoms with Crippen molar-refractivity contribution in [2.45, 2.75) is 12.6 Å². The van der Waals surface area contributed by atoms with Crippen molar-refractivity contribution in [1.82, 2.24) is 10.1 Å². The van der Waals surface area contributed by atoms with Crippen LogP contribution in [0.15, 0.2) is 40.9 Å². The summed E-state index contributed by atoms with van der Waals surface area (Å²) < 4.78 is 16.0. The zero-order chi connectivity index (χ0) is 15.4. The van der Waals surface area contributed by atoms with Gasteiger partial charge in [0.15, 0.2) is 11.9 Å². The molecule has 0 radical (unpaired) electrons. The summed E-state index contributed by atoms with van der Waals surface area (Å²) >= 11 is 0. The number of ether oxygens (including phenoxy) is 2. The Morgan fingerprint density at radius 3 is 2.86 bits per heavy atom. The highest BCUT2D eigenvalue weighted by molar-refractivity contribution is 5.80. The lowest BCUT2D eigenvalue weighted by atomic mass is 10.1. The molecule has 1 aliphatic rings. The van der Waals surface area contributed by atoms with Gasteiger partial charge in [-0.1, -0.05) is 35.5 Å². The number of hydrogen-bond acceptors (Lipinski definition) is 5. The SMILES string of the molecule is CN(Cc1cc(-c2ccccc2)no1)C(=O)[C@@H]1COCCO1. The Balaban J connectivity index is 1.63. The fourth-order valence-corrected chi connectivity index (χ4v) is 2.32. The number of benzene rings is 1. The molecule has 0 unspecified atom stereocenters. The summed E-state index contributed by atoms with van der Waals surface area (Å²) in [5.74, 6) is 0.517. The van der Waals surface area contributed by atoms with Gasteiger partial charge >= 0.3 is 0 Å². The van der Waals surface area contributed by atoms with E-state index in [9.17, 15) is 4.79 Å². The topological polar surface area (TPSA) is 64.8 Å². The standard InChI is InChI=1S/C16H18N2O4/c1-18(16(19)15-11-20-7-8-21-15)10-13-9-14(17-22-13)12-5-3-2-4-6-12/h2-6,9,15H,7-8,10-11H2,1H3/t15-/m0/s1. The van der Waals surface area contributed by atoms with Crippen molar-refractivity contribution in [3.8, 4) is 11.3 Å². The molecule has 0 aliphatic carbocycles. The van der Waals surface area contributed by atoms with Gasteiger partial charge in [-0.2, -0.15) is 0 Å². The van der Waals surface area contributed by atoms with Gasteiger partial charge in [-0.3, -0.25) is 4.79 Å². The quantitative estimate of drug-likeness (QED) is 0.860. The lowest BCUT2D eigenvalue weighted by Crippen LogP contribution is -2.43. The van der Waals surface area contributed by atoms with Crippen molar-refractivity contribution in [2.24, 2.45) is 0 Å². The van der Waals surface area contributed by atoms with E-state index in [2.05, 4.69) is 5.16 Å². The van der Waals surface area contributed by atoms with Gasteiger partial charge in [0.05, 0.1) is 26.4 Å². The van der Waals surface area contributed by atoms with Gasteiger partial charge in [-0.05, 0) is 0 Å². The van der Waals surface area contributed by atoms with E-state index >= 15 is 0 Å². The Labute approximate surface area is 128 Å². The van der Waals surface area contributed by atoms with Gasteiger partial charge in [-0.15, -0.1) is 0 Å². The summed E-state index contributed by atoms with van der Waals surface area (Å²) in [7, 11) is 1.71. The Bertz CT molecular complexity index is 620. The van der Waals surface area contributed by atoms with E-state index in [1.165, 1.54) is 0 Å². The van der Waals surface area contributed by atoms with Crippen molar-refractivity contribution < 1.29 is 18.8 Å². The third-order valence-electron chi connectivity index (χ3n) is 3.49. The normalized spacial score (nSPS) is 18.1. The Hall–Kier alpha value is -2.18. The third-order valence-corrected chi connectivity index (χ3v) is 3.49. The van der Waals surface area contributed by atoms with E-state index < -0.39 is 6.10 Å². The zero-order valence-corrected chi connectivity index (χ0v) is 12.4. The van der Waals surface area contributed by atoms with Gasteiger partial charge in [0, 0.05) is 18.7 Å². The molecule has 0 saturated carbocycles. The summed E-state index contributed by atoms with van der Waals surface area (Å²) in [6.07, 6.45) is -0.532. The average Bonchev–Trinajstić information content (AvgIpc) is 3.04. The third kappa shape index (κ3) is 3.35. The number of rotatable bonds is 4. The number of hydrogen-bond donors (Lipinski definition) is 0. The van der Waals surface area contributed by atoms with Gasteiger partial charge in [0.25, 0.3) is 5.91 Å². The van der Waals surface area contributed by atoms with Crippen molar-refractivity contribution in [2.75, 3.05) is 26.9 Å². The Morgan fingerprint density at radius 1 is 1.32 bits per heavy atom. The molecule has 22 heavy (non-hydrogen) atoms. The molecule has 1 atom stereocenters. The molecule has 1 aromatic heterocycles. The fraction of sp³-hybridized carbons (Fsp3) is 0.375. The maximum absolute atomic E-state index is 12.2. The van der Waals surface area contributed by atoms with E-state index in [1.54, 1.807) is 11.9 Å². The second-order valence-electron chi connectivity index (χ2n) is 5.17. The van der Waals surface area contributed by atoms with E-state index in [4.69, 9.17) is 14.0 Å².